The minimum Gasteiger partial charge on any atom is -0.487 e. The molecule has 0 aliphatic carbocycles. The number of amides is 1. The van der Waals surface area contributed by atoms with Crippen LogP contribution < -0.4 is 10.1 Å². The maximum Gasteiger partial charge on any atom is 0.251 e. The molecule has 6 nitrogen and oxygen atoms in total. The zero-order valence-corrected chi connectivity index (χ0v) is 15.7. The first-order valence-corrected chi connectivity index (χ1v) is 9.51. The predicted molar refractivity (Wildman–Crippen MR) is 104 cm³/mol. The summed E-state index contributed by atoms with van der Waals surface area (Å²) in [5, 5.41) is 5.43. The molecule has 27 heavy (non-hydrogen) atoms. The number of carbonyl (C=O) groups excluding carboxylic acids is 1. The molecule has 0 saturated heterocycles. The van der Waals surface area contributed by atoms with Crippen LogP contribution in [-0.2, 0) is 13.2 Å². The van der Waals surface area contributed by atoms with Crippen LogP contribution in [-0.4, -0.2) is 20.3 Å². The molecule has 1 aromatic carbocycles. The fourth-order valence-corrected chi connectivity index (χ4v) is 3.28. The Morgan fingerprint density at radius 1 is 1.22 bits per heavy atom. The van der Waals surface area contributed by atoms with Crippen LogP contribution in [0.25, 0.3) is 5.65 Å². The molecular formula is C19H15ClN4O2S. The van der Waals surface area contributed by atoms with E-state index in [2.05, 4.69) is 15.3 Å². The third-order valence-corrected chi connectivity index (χ3v) is 4.72. The minimum absolute atomic E-state index is 0.191. The molecule has 3 aromatic heterocycles. The summed E-state index contributed by atoms with van der Waals surface area (Å²) in [6.45, 7) is 0.695. The Kier molecular flexibility index (Phi) is 5.04. The van der Waals surface area contributed by atoms with Gasteiger partial charge in [0.2, 0.25) is 0 Å². The molecule has 0 aliphatic heterocycles. The van der Waals surface area contributed by atoms with E-state index in [1.54, 1.807) is 36.0 Å². The highest BCUT2D eigenvalue weighted by Crippen LogP contribution is 2.16. The molecule has 4 aromatic rings. The van der Waals surface area contributed by atoms with Gasteiger partial charge in [0.15, 0.2) is 0 Å². The lowest BCUT2D eigenvalue weighted by atomic mass is 10.2. The Labute approximate surface area is 164 Å². The Hall–Kier alpha value is -2.90. The van der Waals surface area contributed by atoms with Crippen molar-refractivity contribution < 1.29 is 9.53 Å². The fraction of sp³-hybridized carbons (Fsp3) is 0.105. The summed E-state index contributed by atoms with van der Waals surface area (Å²) in [5.41, 5.74) is 4.68. The lowest BCUT2D eigenvalue weighted by Crippen LogP contribution is -2.22. The fourth-order valence-electron chi connectivity index (χ4n) is 2.57. The molecule has 1 N–H and O–H groups in total. The van der Waals surface area contributed by atoms with E-state index in [1.807, 2.05) is 28.1 Å². The van der Waals surface area contributed by atoms with Crippen molar-refractivity contribution in [2.24, 2.45) is 0 Å². The van der Waals surface area contributed by atoms with Crippen LogP contribution >= 0.6 is 22.9 Å². The number of benzene rings is 1. The minimum atomic E-state index is -0.191. The molecule has 136 valence electrons. The highest BCUT2D eigenvalue weighted by Gasteiger charge is 2.09. The van der Waals surface area contributed by atoms with Crippen molar-refractivity contribution >= 4 is 34.5 Å². The zero-order valence-electron chi connectivity index (χ0n) is 14.1. The number of thiazole rings is 1. The second-order valence-corrected chi connectivity index (χ2v) is 6.98. The van der Waals surface area contributed by atoms with E-state index >= 15 is 0 Å². The molecule has 3 heterocycles. The van der Waals surface area contributed by atoms with Crippen LogP contribution in [0.2, 0.25) is 5.02 Å². The van der Waals surface area contributed by atoms with Crippen molar-refractivity contribution in [3.8, 4) is 5.75 Å². The summed E-state index contributed by atoms with van der Waals surface area (Å²) < 4.78 is 7.52. The van der Waals surface area contributed by atoms with Crippen LogP contribution in [0.1, 0.15) is 21.7 Å². The number of hydrogen-bond acceptors (Lipinski definition) is 5. The van der Waals surface area contributed by atoms with Crippen molar-refractivity contribution in [3.63, 3.8) is 0 Å². The first-order valence-electron chi connectivity index (χ1n) is 8.19. The van der Waals surface area contributed by atoms with Gasteiger partial charge in [0.25, 0.3) is 5.91 Å². The second kappa shape index (κ2) is 7.77. The van der Waals surface area contributed by atoms with Gasteiger partial charge in [-0.15, -0.1) is 11.3 Å². The van der Waals surface area contributed by atoms with Crippen molar-refractivity contribution in [1.82, 2.24) is 19.7 Å². The molecule has 0 atom stereocenters. The number of carbonyl (C=O) groups is 1. The van der Waals surface area contributed by atoms with Gasteiger partial charge in [0, 0.05) is 23.3 Å². The van der Waals surface area contributed by atoms with E-state index in [4.69, 9.17) is 16.3 Å². The number of aromatic nitrogens is 3. The number of pyridine rings is 1. The smallest absolute Gasteiger partial charge is 0.251 e. The summed E-state index contributed by atoms with van der Waals surface area (Å²) >= 11 is 7.49. The summed E-state index contributed by atoms with van der Waals surface area (Å²) in [6, 6.07) is 10.7. The van der Waals surface area contributed by atoms with E-state index in [-0.39, 0.29) is 5.91 Å². The third kappa shape index (κ3) is 4.27. The Morgan fingerprint density at radius 3 is 3.00 bits per heavy atom. The average molecular weight is 399 g/mol. The molecule has 0 bridgehead atoms. The molecule has 4 rings (SSSR count). The van der Waals surface area contributed by atoms with Gasteiger partial charge in [-0.05, 0) is 30.3 Å². The van der Waals surface area contributed by atoms with Crippen LogP contribution in [0, 0.1) is 0 Å². The monoisotopic (exact) mass is 398 g/mol. The van der Waals surface area contributed by atoms with E-state index in [9.17, 15) is 4.79 Å². The quantitative estimate of drug-likeness (QED) is 0.534. The maximum atomic E-state index is 12.4. The first-order chi connectivity index (χ1) is 13.2. The molecule has 0 fully saturated rings. The predicted octanol–water partition coefficient (Wildman–Crippen LogP) is 3.95. The van der Waals surface area contributed by atoms with Crippen molar-refractivity contribution in [1.29, 1.82) is 0 Å². The second-order valence-electron chi connectivity index (χ2n) is 5.82. The molecule has 0 radical (unpaired) electrons. The normalized spacial score (nSPS) is 10.9. The molecule has 0 unspecified atom stereocenters. The van der Waals surface area contributed by atoms with E-state index < -0.39 is 0 Å². The Morgan fingerprint density at radius 2 is 2.15 bits per heavy atom. The van der Waals surface area contributed by atoms with Gasteiger partial charge in [-0.2, -0.15) is 0 Å². The van der Waals surface area contributed by atoms with Crippen LogP contribution in [0.4, 0.5) is 0 Å². The zero-order chi connectivity index (χ0) is 18.6. The molecule has 0 aliphatic rings. The van der Waals surface area contributed by atoms with Gasteiger partial charge in [-0.3, -0.25) is 4.79 Å². The van der Waals surface area contributed by atoms with Gasteiger partial charge in [0.05, 0.1) is 28.5 Å². The van der Waals surface area contributed by atoms with Crippen LogP contribution in [0.3, 0.4) is 0 Å². The lowest BCUT2D eigenvalue weighted by molar-refractivity contribution is 0.0950. The van der Waals surface area contributed by atoms with Crippen molar-refractivity contribution in [2.75, 3.05) is 0 Å². The summed E-state index contributed by atoms with van der Waals surface area (Å²) in [4.78, 5) is 21.1. The SMILES string of the molecule is O=C(NCc1cn2cc(Cl)ccc2n1)c1cccc(OCc2cscn2)c1. The Bertz CT molecular complexity index is 1080. The maximum absolute atomic E-state index is 12.4. The number of fused-ring (bicyclic) bond motifs is 1. The molecule has 8 heteroatoms. The Balaban J connectivity index is 1.39. The number of nitrogens with one attached hydrogen (secondary N) is 1. The number of rotatable bonds is 6. The van der Waals surface area contributed by atoms with Crippen molar-refractivity contribution in [3.05, 3.63) is 81.7 Å². The standard InChI is InChI=1S/C19H15ClN4O2S/c20-14-4-5-18-23-15(9-24(18)8-14)7-21-19(25)13-2-1-3-17(6-13)26-10-16-11-27-12-22-16/h1-6,8-9,11-12H,7,10H2,(H,21,25). The van der Waals surface area contributed by atoms with Gasteiger partial charge in [0.1, 0.15) is 18.0 Å². The number of nitrogens with zero attached hydrogens (tertiary/aromatic N) is 3. The van der Waals surface area contributed by atoms with Gasteiger partial charge in [-0.25, -0.2) is 9.97 Å². The summed E-state index contributed by atoms with van der Waals surface area (Å²) in [6.07, 6.45) is 3.62. The van der Waals surface area contributed by atoms with E-state index in [1.165, 1.54) is 11.3 Å². The first kappa shape index (κ1) is 17.5. The van der Waals surface area contributed by atoms with E-state index in [0.29, 0.717) is 29.5 Å². The number of halogens is 1. The highest BCUT2D eigenvalue weighted by molar-refractivity contribution is 7.07. The highest BCUT2D eigenvalue weighted by atomic mass is 35.5. The number of ether oxygens (including phenoxy) is 1. The molecule has 1 amide bonds. The lowest BCUT2D eigenvalue weighted by Gasteiger charge is -2.07. The van der Waals surface area contributed by atoms with Gasteiger partial charge >= 0.3 is 0 Å². The number of hydrogen-bond donors (Lipinski definition) is 1. The van der Waals surface area contributed by atoms with Crippen molar-refractivity contribution in [2.45, 2.75) is 13.2 Å². The van der Waals surface area contributed by atoms with Crippen LogP contribution in [0.5, 0.6) is 5.75 Å². The molecule has 0 saturated carbocycles. The van der Waals surface area contributed by atoms with E-state index in [0.717, 1.165) is 17.0 Å². The topological polar surface area (TPSA) is 68.5 Å². The molecular weight excluding hydrogens is 384 g/mol. The molecule has 0 spiro atoms. The summed E-state index contributed by atoms with van der Waals surface area (Å²) in [7, 11) is 0. The number of imidazole rings is 1. The third-order valence-electron chi connectivity index (χ3n) is 3.86. The largest absolute Gasteiger partial charge is 0.487 e. The van der Waals surface area contributed by atoms with Crippen LogP contribution in [0.15, 0.2) is 59.7 Å². The van der Waals surface area contributed by atoms with Gasteiger partial charge < -0.3 is 14.5 Å². The van der Waals surface area contributed by atoms with Gasteiger partial charge in [-0.1, -0.05) is 17.7 Å². The summed E-state index contributed by atoms with van der Waals surface area (Å²) in [5.74, 6) is 0.433. The average Bonchev–Trinajstić information content (AvgIpc) is 3.33.